The van der Waals surface area contributed by atoms with Gasteiger partial charge in [-0.05, 0) is 111 Å². The number of fused-ring (bicyclic) bond motifs is 5. The van der Waals surface area contributed by atoms with Gasteiger partial charge in [0.15, 0.2) is 0 Å². The van der Waals surface area contributed by atoms with E-state index in [1.54, 1.807) is 6.92 Å². The van der Waals surface area contributed by atoms with Crippen LogP contribution in [0.4, 0.5) is 0 Å². The van der Waals surface area contributed by atoms with E-state index in [4.69, 9.17) is 0 Å². The molecule has 0 aromatic heterocycles. The Kier molecular flexibility index (Phi) is 5.06. The van der Waals surface area contributed by atoms with Gasteiger partial charge < -0.3 is 9.90 Å². The van der Waals surface area contributed by atoms with Crippen molar-refractivity contribution in [3.8, 4) is 0 Å². The van der Waals surface area contributed by atoms with Crippen LogP contribution in [0.25, 0.3) is 0 Å². The average Bonchev–Trinajstić information content (AvgIpc) is 3.08. The molecular formula is C25H42O2. The third kappa shape index (κ3) is 2.87. The maximum absolute atomic E-state index is 11.8. The van der Waals surface area contributed by atoms with E-state index in [1.165, 1.54) is 57.8 Å². The summed E-state index contributed by atoms with van der Waals surface area (Å²) in [5, 5.41) is 10.2. The van der Waals surface area contributed by atoms with Crippen LogP contribution < -0.4 is 0 Å². The highest BCUT2D eigenvalue weighted by Crippen LogP contribution is 2.70. The minimum atomic E-state index is 0.268. The third-order valence-corrected chi connectivity index (χ3v) is 10.8. The van der Waals surface area contributed by atoms with E-state index in [9.17, 15) is 9.90 Å². The molecule has 0 bridgehead atoms. The number of ketones is 1. The summed E-state index contributed by atoms with van der Waals surface area (Å²) in [7, 11) is 0. The van der Waals surface area contributed by atoms with Crippen LogP contribution in [0.3, 0.4) is 0 Å². The number of carbonyl (C=O) groups is 1. The average molecular weight is 375 g/mol. The molecule has 0 aromatic carbocycles. The molecule has 4 aliphatic rings. The van der Waals surface area contributed by atoms with Crippen LogP contribution in [0.15, 0.2) is 0 Å². The highest BCUT2D eigenvalue weighted by molar-refractivity contribution is 5.75. The highest BCUT2D eigenvalue weighted by atomic mass is 16.3. The maximum atomic E-state index is 11.8. The van der Waals surface area contributed by atoms with Crippen molar-refractivity contribution >= 4 is 5.78 Å². The largest absolute Gasteiger partial charge is 0.396 e. The van der Waals surface area contributed by atoms with Gasteiger partial charge in [0.1, 0.15) is 5.78 Å². The van der Waals surface area contributed by atoms with Crippen LogP contribution in [-0.4, -0.2) is 17.5 Å². The van der Waals surface area contributed by atoms with Crippen LogP contribution in [0.1, 0.15) is 98.3 Å². The topological polar surface area (TPSA) is 37.3 Å². The zero-order valence-corrected chi connectivity index (χ0v) is 18.2. The summed E-state index contributed by atoms with van der Waals surface area (Å²) >= 11 is 0. The van der Waals surface area contributed by atoms with E-state index in [2.05, 4.69) is 20.8 Å². The van der Waals surface area contributed by atoms with Crippen molar-refractivity contribution in [3.05, 3.63) is 0 Å². The standard InChI is InChI=1S/C25H42O2/c1-17-9-13-24(4)20-11-15-25(16-26)12-5-6-21(25)19(20)7-8-22(24)23(17,3)14-10-18(2)27/h17,19-22,26H,5-16H2,1-4H3. The predicted molar refractivity (Wildman–Crippen MR) is 110 cm³/mol. The second kappa shape index (κ2) is 6.85. The van der Waals surface area contributed by atoms with Crippen molar-refractivity contribution in [3.63, 3.8) is 0 Å². The molecule has 0 amide bonds. The minimum Gasteiger partial charge on any atom is -0.396 e. The van der Waals surface area contributed by atoms with E-state index in [0.29, 0.717) is 23.2 Å². The monoisotopic (exact) mass is 374 g/mol. The molecule has 0 aliphatic heterocycles. The Morgan fingerprint density at radius 2 is 1.78 bits per heavy atom. The second-order valence-electron chi connectivity index (χ2n) is 11.6. The van der Waals surface area contributed by atoms with Gasteiger partial charge in [-0.15, -0.1) is 0 Å². The van der Waals surface area contributed by atoms with Crippen LogP contribution >= 0.6 is 0 Å². The lowest BCUT2D eigenvalue weighted by Gasteiger charge is -2.65. The van der Waals surface area contributed by atoms with Crippen LogP contribution in [-0.2, 0) is 4.79 Å². The molecule has 4 fully saturated rings. The first-order chi connectivity index (χ1) is 12.8. The molecule has 0 aromatic rings. The molecule has 4 rings (SSSR count). The molecule has 0 saturated heterocycles. The van der Waals surface area contributed by atoms with Gasteiger partial charge in [0.05, 0.1) is 0 Å². The Hall–Kier alpha value is -0.370. The molecule has 2 heteroatoms. The first-order valence-electron chi connectivity index (χ1n) is 11.9. The van der Waals surface area contributed by atoms with E-state index in [-0.39, 0.29) is 5.41 Å². The van der Waals surface area contributed by atoms with E-state index in [0.717, 1.165) is 42.4 Å². The normalized spacial score (nSPS) is 52.0. The fourth-order valence-corrected chi connectivity index (χ4v) is 9.03. The summed E-state index contributed by atoms with van der Waals surface area (Å²) in [6.45, 7) is 9.81. The molecule has 8 atom stereocenters. The summed E-state index contributed by atoms with van der Waals surface area (Å²) in [5.74, 6) is 4.35. The van der Waals surface area contributed by atoms with E-state index >= 15 is 0 Å². The number of aliphatic hydroxyl groups excluding tert-OH is 1. The smallest absolute Gasteiger partial charge is 0.129 e. The van der Waals surface area contributed by atoms with Crippen LogP contribution in [0.5, 0.6) is 0 Å². The Morgan fingerprint density at radius 3 is 2.48 bits per heavy atom. The van der Waals surface area contributed by atoms with E-state index in [1.807, 2.05) is 0 Å². The second-order valence-corrected chi connectivity index (χ2v) is 11.6. The molecule has 4 aliphatic carbocycles. The predicted octanol–water partition coefficient (Wildman–Crippen LogP) is 6.01. The fraction of sp³-hybridized carbons (Fsp3) is 0.960. The number of hydrogen-bond donors (Lipinski definition) is 1. The maximum Gasteiger partial charge on any atom is 0.129 e. The zero-order chi connectivity index (χ0) is 19.4. The Morgan fingerprint density at radius 1 is 1.00 bits per heavy atom. The molecule has 8 unspecified atom stereocenters. The molecule has 0 radical (unpaired) electrons. The van der Waals surface area contributed by atoms with Gasteiger partial charge in [0.2, 0.25) is 0 Å². The lowest BCUT2D eigenvalue weighted by atomic mass is 9.39. The van der Waals surface area contributed by atoms with Gasteiger partial charge in [0.25, 0.3) is 0 Å². The first kappa shape index (κ1) is 19.9. The van der Waals surface area contributed by atoms with Gasteiger partial charge in [-0.3, -0.25) is 0 Å². The van der Waals surface area contributed by atoms with Crippen LogP contribution in [0, 0.1) is 45.8 Å². The zero-order valence-electron chi connectivity index (χ0n) is 18.2. The van der Waals surface area contributed by atoms with Crippen molar-refractivity contribution in [1.29, 1.82) is 0 Å². The number of rotatable bonds is 4. The van der Waals surface area contributed by atoms with E-state index < -0.39 is 0 Å². The Labute approximate surface area is 166 Å². The number of Topliss-reactive ketones (excluding diaryl/α,β-unsaturated/α-hetero) is 1. The number of hydrogen-bond acceptors (Lipinski definition) is 2. The van der Waals surface area contributed by atoms with Crippen molar-refractivity contribution in [1.82, 2.24) is 0 Å². The van der Waals surface area contributed by atoms with Crippen molar-refractivity contribution < 1.29 is 9.90 Å². The molecule has 0 heterocycles. The minimum absolute atomic E-state index is 0.268. The summed E-state index contributed by atoms with van der Waals surface area (Å²) in [6, 6.07) is 0. The lowest BCUT2D eigenvalue weighted by Crippen LogP contribution is -2.58. The summed E-state index contributed by atoms with van der Waals surface area (Å²) in [4.78, 5) is 11.8. The number of carbonyl (C=O) groups excluding carboxylic acids is 1. The van der Waals surface area contributed by atoms with Crippen molar-refractivity contribution in [2.45, 2.75) is 98.3 Å². The van der Waals surface area contributed by atoms with Gasteiger partial charge in [0, 0.05) is 13.0 Å². The molecule has 4 saturated carbocycles. The SMILES string of the molecule is CC(=O)CCC1(C)C(C)CCC2(C)C3CCC4(CO)CCCC4C3CCC12. The van der Waals surface area contributed by atoms with Gasteiger partial charge in [-0.1, -0.05) is 27.2 Å². The summed E-state index contributed by atoms with van der Waals surface area (Å²) in [6.07, 6.45) is 13.9. The molecular weight excluding hydrogens is 332 g/mol. The molecule has 0 spiro atoms. The van der Waals surface area contributed by atoms with Gasteiger partial charge >= 0.3 is 0 Å². The quantitative estimate of drug-likeness (QED) is 0.654. The lowest BCUT2D eigenvalue weighted by molar-refractivity contribution is -0.170. The number of aliphatic hydroxyl groups is 1. The Balaban J connectivity index is 1.62. The summed E-state index contributed by atoms with van der Waals surface area (Å²) in [5.41, 5.74) is 1.04. The molecule has 154 valence electrons. The summed E-state index contributed by atoms with van der Waals surface area (Å²) < 4.78 is 0. The molecule has 2 nitrogen and oxygen atoms in total. The van der Waals surface area contributed by atoms with Crippen molar-refractivity contribution in [2.24, 2.45) is 45.8 Å². The first-order valence-corrected chi connectivity index (χ1v) is 11.9. The molecule has 1 N–H and O–H groups in total. The van der Waals surface area contributed by atoms with Crippen LogP contribution in [0.2, 0.25) is 0 Å². The van der Waals surface area contributed by atoms with Gasteiger partial charge in [-0.2, -0.15) is 0 Å². The van der Waals surface area contributed by atoms with Crippen molar-refractivity contribution in [2.75, 3.05) is 6.61 Å². The fourth-order valence-electron chi connectivity index (χ4n) is 9.03. The van der Waals surface area contributed by atoms with Gasteiger partial charge in [-0.25, -0.2) is 0 Å². The Bertz CT molecular complexity index is 585. The third-order valence-electron chi connectivity index (χ3n) is 10.8. The molecule has 27 heavy (non-hydrogen) atoms. The highest BCUT2D eigenvalue weighted by Gasteiger charge is 2.62.